The first-order chi connectivity index (χ1) is 11.5. The highest BCUT2D eigenvalue weighted by atomic mass is 35.5. The lowest BCUT2D eigenvalue weighted by molar-refractivity contribution is 0.685. The standard InChI is InChI=1S/C17H19ClN4OS/c1-21(8-9-24(3)23)16-10-12(13(18)11-19-16)17-20-14-6-4-5-7-15(14)22(17)2/h4-7,10-11H,8-9H2,1-3H3. The van der Waals surface area contributed by atoms with Crippen LogP contribution in [0.25, 0.3) is 22.4 Å². The van der Waals surface area contributed by atoms with Crippen LogP contribution in [0.1, 0.15) is 0 Å². The van der Waals surface area contributed by atoms with Crippen molar-refractivity contribution < 1.29 is 4.21 Å². The maximum atomic E-state index is 11.3. The molecule has 5 nitrogen and oxygen atoms in total. The first kappa shape index (κ1) is 16.9. The van der Waals surface area contributed by atoms with E-state index in [1.165, 1.54) is 0 Å². The van der Waals surface area contributed by atoms with Gasteiger partial charge in [-0.3, -0.25) is 4.21 Å². The van der Waals surface area contributed by atoms with Crippen LogP contribution >= 0.6 is 11.6 Å². The minimum Gasteiger partial charge on any atom is -0.359 e. The van der Waals surface area contributed by atoms with Gasteiger partial charge in [-0.15, -0.1) is 0 Å². The number of rotatable bonds is 5. The van der Waals surface area contributed by atoms with Crippen LogP contribution < -0.4 is 4.90 Å². The predicted octanol–water partition coefficient (Wildman–Crippen LogP) is 3.10. The van der Waals surface area contributed by atoms with Crippen molar-refractivity contribution in [2.45, 2.75) is 0 Å². The van der Waals surface area contributed by atoms with Crippen LogP contribution in [0.4, 0.5) is 5.82 Å². The topological polar surface area (TPSA) is 51.0 Å². The van der Waals surface area contributed by atoms with E-state index in [1.807, 2.05) is 53.9 Å². The van der Waals surface area contributed by atoms with Crippen LogP contribution in [0, 0.1) is 0 Å². The van der Waals surface area contributed by atoms with Crippen molar-refractivity contribution >= 4 is 39.3 Å². The van der Waals surface area contributed by atoms with Crippen LogP contribution in [0.3, 0.4) is 0 Å². The number of fused-ring (bicyclic) bond motifs is 1. The number of aromatic nitrogens is 3. The molecular weight excluding hydrogens is 344 g/mol. The average Bonchev–Trinajstić information content (AvgIpc) is 2.90. The number of hydrogen-bond acceptors (Lipinski definition) is 4. The van der Waals surface area contributed by atoms with Crippen LogP contribution in [-0.4, -0.2) is 44.3 Å². The van der Waals surface area contributed by atoms with E-state index < -0.39 is 10.8 Å². The molecule has 0 saturated carbocycles. The molecule has 24 heavy (non-hydrogen) atoms. The van der Waals surface area contributed by atoms with Gasteiger partial charge >= 0.3 is 0 Å². The number of nitrogens with zero attached hydrogens (tertiary/aromatic N) is 4. The van der Waals surface area contributed by atoms with Crippen molar-refractivity contribution in [3.63, 3.8) is 0 Å². The molecule has 3 rings (SSSR count). The van der Waals surface area contributed by atoms with Crippen molar-refractivity contribution in [1.82, 2.24) is 14.5 Å². The molecule has 1 atom stereocenters. The zero-order chi connectivity index (χ0) is 17.3. The number of imidazole rings is 1. The van der Waals surface area contributed by atoms with Gasteiger partial charge in [0.05, 0.1) is 16.1 Å². The number of para-hydroxylation sites is 2. The van der Waals surface area contributed by atoms with E-state index in [9.17, 15) is 4.21 Å². The van der Waals surface area contributed by atoms with Gasteiger partial charge in [0.25, 0.3) is 0 Å². The van der Waals surface area contributed by atoms with Crippen molar-refractivity contribution in [2.24, 2.45) is 7.05 Å². The van der Waals surface area contributed by atoms with Gasteiger partial charge in [-0.05, 0) is 18.2 Å². The smallest absolute Gasteiger partial charge is 0.142 e. The van der Waals surface area contributed by atoms with Gasteiger partial charge in [0.15, 0.2) is 0 Å². The number of anilines is 1. The molecule has 0 saturated heterocycles. The van der Waals surface area contributed by atoms with Crippen LogP contribution in [-0.2, 0) is 17.8 Å². The third-order valence-corrected chi connectivity index (χ3v) is 5.03. The Morgan fingerprint density at radius 1 is 1.33 bits per heavy atom. The monoisotopic (exact) mass is 362 g/mol. The first-order valence-electron chi connectivity index (χ1n) is 7.56. The molecule has 0 radical (unpaired) electrons. The third-order valence-electron chi connectivity index (χ3n) is 3.97. The third kappa shape index (κ3) is 3.30. The highest BCUT2D eigenvalue weighted by Gasteiger charge is 2.15. The molecule has 1 aromatic carbocycles. The van der Waals surface area contributed by atoms with E-state index in [1.54, 1.807) is 12.5 Å². The van der Waals surface area contributed by atoms with Crippen molar-refractivity contribution in [1.29, 1.82) is 0 Å². The molecule has 0 spiro atoms. The van der Waals surface area contributed by atoms with Crippen molar-refractivity contribution in [3.05, 3.63) is 41.6 Å². The van der Waals surface area contributed by atoms with E-state index in [2.05, 4.69) is 4.98 Å². The summed E-state index contributed by atoms with van der Waals surface area (Å²) in [7, 11) is 3.08. The fraction of sp³-hybridized carbons (Fsp3) is 0.294. The Bertz CT molecular complexity index is 909. The SMILES string of the molecule is CN(CCS(C)=O)c1cc(-c2nc3ccccc3n2C)c(Cl)cn1. The second kappa shape index (κ2) is 6.91. The Morgan fingerprint density at radius 2 is 2.08 bits per heavy atom. The predicted molar refractivity (Wildman–Crippen MR) is 101 cm³/mol. The summed E-state index contributed by atoms with van der Waals surface area (Å²) in [6.07, 6.45) is 3.35. The fourth-order valence-electron chi connectivity index (χ4n) is 2.57. The van der Waals surface area contributed by atoms with Crippen LogP contribution in [0.5, 0.6) is 0 Å². The van der Waals surface area contributed by atoms with Crippen molar-refractivity contribution in [3.8, 4) is 11.4 Å². The summed E-state index contributed by atoms with van der Waals surface area (Å²) in [5.74, 6) is 2.19. The molecule has 126 valence electrons. The summed E-state index contributed by atoms with van der Waals surface area (Å²) in [5.41, 5.74) is 2.82. The number of benzene rings is 1. The highest BCUT2D eigenvalue weighted by molar-refractivity contribution is 7.84. The molecule has 0 amide bonds. The summed E-state index contributed by atoms with van der Waals surface area (Å²) < 4.78 is 13.3. The van der Waals surface area contributed by atoms with Gasteiger partial charge in [0.2, 0.25) is 0 Å². The largest absolute Gasteiger partial charge is 0.359 e. The zero-order valence-corrected chi connectivity index (χ0v) is 15.4. The van der Waals surface area contributed by atoms with E-state index in [4.69, 9.17) is 16.6 Å². The minimum atomic E-state index is -0.832. The Hall–Kier alpha value is -1.92. The molecule has 0 bridgehead atoms. The maximum absolute atomic E-state index is 11.3. The first-order valence-corrected chi connectivity index (χ1v) is 9.66. The number of hydrogen-bond donors (Lipinski definition) is 0. The molecule has 0 aliphatic rings. The van der Waals surface area contributed by atoms with Gasteiger partial charge in [0.1, 0.15) is 11.6 Å². The lowest BCUT2D eigenvalue weighted by atomic mass is 10.2. The number of aryl methyl sites for hydroxylation is 1. The molecule has 0 aliphatic heterocycles. The van der Waals surface area contributed by atoms with Gasteiger partial charge in [-0.2, -0.15) is 0 Å². The normalized spacial score (nSPS) is 12.5. The van der Waals surface area contributed by atoms with E-state index in [0.29, 0.717) is 17.3 Å². The summed E-state index contributed by atoms with van der Waals surface area (Å²) in [4.78, 5) is 11.1. The molecule has 2 heterocycles. The second-order valence-corrected chi connectivity index (χ2v) is 7.67. The molecule has 1 unspecified atom stereocenters. The van der Waals surface area contributed by atoms with Crippen LogP contribution in [0.2, 0.25) is 5.02 Å². The van der Waals surface area contributed by atoms with Crippen LogP contribution in [0.15, 0.2) is 36.5 Å². The molecule has 0 N–H and O–H groups in total. The van der Waals surface area contributed by atoms with Gasteiger partial charge in [-0.1, -0.05) is 23.7 Å². The summed E-state index contributed by atoms with van der Waals surface area (Å²) in [5, 5.41) is 0.560. The molecule has 3 aromatic rings. The lowest BCUT2D eigenvalue weighted by Gasteiger charge is -2.18. The Kier molecular flexibility index (Phi) is 4.87. The van der Waals surface area contributed by atoms with E-state index in [0.717, 1.165) is 28.2 Å². The highest BCUT2D eigenvalue weighted by Crippen LogP contribution is 2.31. The van der Waals surface area contributed by atoms with Crippen molar-refractivity contribution in [2.75, 3.05) is 30.5 Å². The zero-order valence-electron chi connectivity index (χ0n) is 13.9. The van der Waals surface area contributed by atoms with Gasteiger partial charge in [0, 0.05) is 55.2 Å². The Morgan fingerprint density at radius 3 is 2.79 bits per heavy atom. The quantitative estimate of drug-likeness (QED) is 0.699. The Labute approximate surface area is 148 Å². The molecule has 0 aliphatic carbocycles. The molecule has 2 aromatic heterocycles. The van der Waals surface area contributed by atoms with E-state index >= 15 is 0 Å². The Balaban J connectivity index is 2.02. The summed E-state index contributed by atoms with van der Waals surface area (Å²) in [6, 6.07) is 9.91. The molecule has 0 fully saturated rings. The average molecular weight is 363 g/mol. The number of pyridine rings is 1. The maximum Gasteiger partial charge on any atom is 0.142 e. The number of halogens is 1. The lowest BCUT2D eigenvalue weighted by Crippen LogP contribution is -2.23. The fourth-order valence-corrected chi connectivity index (χ4v) is 3.29. The van der Waals surface area contributed by atoms with Gasteiger partial charge in [-0.25, -0.2) is 9.97 Å². The minimum absolute atomic E-state index is 0.560. The summed E-state index contributed by atoms with van der Waals surface area (Å²) in [6.45, 7) is 0.666. The van der Waals surface area contributed by atoms with Gasteiger partial charge < -0.3 is 9.47 Å². The molecular formula is C17H19ClN4OS. The van der Waals surface area contributed by atoms with E-state index in [-0.39, 0.29) is 0 Å². The summed E-state index contributed by atoms with van der Waals surface area (Å²) >= 11 is 6.38. The molecule has 7 heteroatoms. The second-order valence-electron chi connectivity index (χ2n) is 5.70.